The molecule has 2 fully saturated rings. The van der Waals surface area contributed by atoms with Crippen LogP contribution in [0.5, 0.6) is 0 Å². The van der Waals surface area contributed by atoms with Crippen molar-refractivity contribution in [2.24, 2.45) is 5.16 Å². The van der Waals surface area contributed by atoms with Crippen molar-refractivity contribution in [1.29, 1.82) is 5.26 Å². The summed E-state index contributed by atoms with van der Waals surface area (Å²) in [6.45, 7) is 1.45. The molecule has 5 heterocycles. The van der Waals surface area contributed by atoms with Crippen molar-refractivity contribution in [1.82, 2.24) is 20.1 Å². The maximum absolute atomic E-state index is 13.3. The number of carbonyl (C=O) groups excluding carboxylic acids is 4. The number of aliphatic carboxylic acids is 1. The largest absolute Gasteiger partial charge is 0.543 e. The molecule has 2 saturated heterocycles. The summed E-state index contributed by atoms with van der Waals surface area (Å²) in [5.74, 6) is -3.20. The third-order valence-corrected chi connectivity index (χ3v) is 9.88. The fraction of sp³-hybridized carbons (Fsp3) is 0.226. The molecule has 238 valence electrons. The molecule has 14 nitrogen and oxygen atoms in total. The molecule has 3 aromatic rings. The van der Waals surface area contributed by atoms with Crippen LogP contribution >= 0.6 is 23.1 Å². The minimum absolute atomic E-state index is 0.0301. The van der Waals surface area contributed by atoms with E-state index < -0.39 is 34.9 Å². The van der Waals surface area contributed by atoms with Crippen molar-refractivity contribution >= 4 is 57.6 Å². The molecule has 1 aromatic carbocycles. The fourth-order valence-corrected chi connectivity index (χ4v) is 7.39. The second-order valence-electron chi connectivity index (χ2n) is 10.9. The van der Waals surface area contributed by atoms with Gasteiger partial charge < -0.3 is 31.1 Å². The summed E-state index contributed by atoms with van der Waals surface area (Å²) in [5.41, 5.74) is 8.11. The number of nitrogens with one attached hydrogen (secondary N) is 1. The smallest absolute Gasteiger partial charge is 0.276 e. The van der Waals surface area contributed by atoms with Gasteiger partial charge in [0.1, 0.15) is 17.1 Å². The number of nitrogens with zero attached hydrogens (tertiary/aromatic N) is 6. The molecule has 0 bridgehead atoms. The van der Waals surface area contributed by atoms with Gasteiger partial charge in [-0.1, -0.05) is 17.3 Å². The molecule has 6 rings (SSSR count). The number of hydrogen-bond donors (Lipinski definition) is 3. The molecule has 3 aliphatic heterocycles. The number of nitrogen functional groups attached to an aromatic ring is 1. The number of thioether (sulfide) groups is 1. The van der Waals surface area contributed by atoms with Crippen LogP contribution in [0.1, 0.15) is 28.8 Å². The lowest BCUT2D eigenvalue weighted by molar-refractivity contribution is -0.688. The van der Waals surface area contributed by atoms with E-state index in [0.29, 0.717) is 37.2 Å². The molecule has 16 heteroatoms. The second kappa shape index (κ2) is 13.1. The summed E-state index contributed by atoms with van der Waals surface area (Å²) in [6.07, 6.45) is 5.77. The zero-order chi connectivity index (χ0) is 33.2. The summed E-state index contributed by atoms with van der Waals surface area (Å²) in [6, 6.07) is 12.2. The van der Waals surface area contributed by atoms with Crippen LogP contribution in [0.15, 0.2) is 82.2 Å². The van der Waals surface area contributed by atoms with Gasteiger partial charge in [0.25, 0.3) is 11.8 Å². The average molecular weight is 671 g/mol. The van der Waals surface area contributed by atoms with Gasteiger partial charge in [0.2, 0.25) is 5.91 Å². The average Bonchev–Trinajstić information content (AvgIpc) is 3.65. The lowest BCUT2D eigenvalue weighted by Crippen LogP contribution is -2.71. The third kappa shape index (κ3) is 6.30. The first-order valence-corrected chi connectivity index (χ1v) is 16.2. The number of pyridine rings is 1. The van der Waals surface area contributed by atoms with Crippen LogP contribution in [0.2, 0.25) is 0 Å². The predicted octanol–water partition coefficient (Wildman–Crippen LogP) is -0.126. The Hall–Kier alpha value is -5.53. The summed E-state index contributed by atoms with van der Waals surface area (Å²) >= 11 is 2.26. The van der Waals surface area contributed by atoms with Crippen molar-refractivity contribution in [3.8, 4) is 6.07 Å². The van der Waals surface area contributed by atoms with Gasteiger partial charge >= 0.3 is 0 Å². The van der Waals surface area contributed by atoms with Crippen molar-refractivity contribution in [3.05, 3.63) is 99.5 Å². The number of nitriles is 1. The lowest BCUT2D eigenvalue weighted by atomic mass is 10.0. The molecule has 3 amide bonds. The zero-order valence-electron chi connectivity index (χ0n) is 24.5. The van der Waals surface area contributed by atoms with Crippen molar-refractivity contribution in [2.75, 3.05) is 18.0 Å². The van der Waals surface area contributed by atoms with Gasteiger partial charge in [-0.15, -0.1) is 23.1 Å². The van der Waals surface area contributed by atoms with Gasteiger partial charge in [0, 0.05) is 47.5 Å². The Bertz CT molecular complexity index is 1910. The molecule has 0 aliphatic carbocycles. The number of likely N-dealkylation sites (tertiary alicyclic amines) is 1. The van der Waals surface area contributed by atoms with Crippen molar-refractivity contribution in [2.45, 2.75) is 30.9 Å². The molecule has 0 saturated carbocycles. The van der Waals surface area contributed by atoms with Crippen molar-refractivity contribution < 1.29 is 34.1 Å². The molecule has 0 spiro atoms. The van der Waals surface area contributed by atoms with E-state index in [0.717, 1.165) is 27.4 Å². The number of carboxylic acids is 1. The molecule has 4 N–H and O–H groups in total. The molecular weight excluding hydrogens is 645 g/mol. The van der Waals surface area contributed by atoms with E-state index in [1.807, 2.05) is 41.2 Å². The number of benzene rings is 1. The van der Waals surface area contributed by atoms with Gasteiger partial charge in [0.05, 0.1) is 23.3 Å². The van der Waals surface area contributed by atoms with Gasteiger partial charge in [-0.05, 0) is 35.8 Å². The molecule has 47 heavy (non-hydrogen) atoms. The number of anilines is 1. The van der Waals surface area contributed by atoms with E-state index in [-0.39, 0.29) is 33.8 Å². The summed E-state index contributed by atoms with van der Waals surface area (Å²) in [7, 11) is 0. The summed E-state index contributed by atoms with van der Waals surface area (Å²) in [5, 5.41) is 36.9. The highest BCUT2D eigenvalue weighted by Gasteiger charge is 2.53. The number of oxime groups is 1. The number of fused-ring (bicyclic) bond motifs is 1. The first-order chi connectivity index (χ1) is 22.7. The van der Waals surface area contributed by atoms with Gasteiger partial charge in [-0.3, -0.25) is 19.3 Å². The van der Waals surface area contributed by atoms with Gasteiger partial charge in [-0.2, -0.15) is 5.26 Å². The highest BCUT2D eigenvalue weighted by molar-refractivity contribution is 8.00. The Morgan fingerprint density at radius 1 is 1.21 bits per heavy atom. The summed E-state index contributed by atoms with van der Waals surface area (Å²) < 4.78 is 1.99. The quantitative estimate of drug-likeness (QED) is 0.0686. The number of thiazole rings is 1. The maximum Gasteiger partial charge on any atom is 0.276 e. The molecule has 3 aliphatic rings. The van der Waals surface area contributed by atoms with Gasteiger partial charge in [0.15, 0.2) is 29.8 Å². The number of allylic oxidation sites excluding steroid dienone is 1. The minimum Gasteiger partial charge on any atom is -0.543 e. The van der Waals surface area contributed by atoms with Crippen LogP contribution in [0.3, 0.4) is 0 Å². The molecule has 0 unspecified atom stereocenters. The maximum atomic E-state index is 13.3. The van der Waals surface area contributed by atoms with Crippen LogP contribution in [-0.2, 0) is 32.3 Å². The molecule has 0 radical (unpaired) electrons. The highest BCUT2D eigenvalue weighted by atomic mass is 32.2. The number of carboxylic acid groups (broad SMARTS) is 1. The monoisotopic (exact) mass is 670 g/mol. The molecule has 2 atom stereocenters. The fourth-order valence-electron chi connectivity index (χ4n) is 5.54. The van der Waals surface area contributed by atoms with E-state index in [4.69, 9.17) is 11.0 Å². The zero-order valence-corrected chi connectivity index (χ0v) is 26.2. The topological polar surface area (TPSA) is 209 Å². The first kappa shape index (κ1) is 31.5. The Balaban J connectivity index is 1.11. The van der Waals surface area contributed by atoms with E-state index >= 15 is 0 Å². The van der Waals surface area contributed by atoms with Crippen molar-refractivity contribution in [3.63, 3.8) is 0 Å². The third-order valence-electron chi connectivity index (χ3n) is 7.90. The Morgan fingerprint density at radius 3 is 2.60 bits per heavy atom. The number of carbonyl (C=O) groups is 4. The number of nitrogens with two attached hydrogens (primary N) is 1. The number of amides is 3. The number of hydrogen-bond acceptors (Lipinski definition) is 12. The first-order valence-electron chi connectivity index (χ1n) is 14.3. The van der Waals surface area contributed by atoms with E-state index in [2.05, 4.69) is 21.5 Å². The molecule has 2 aromatic heterocycles. The highest BCUT2D eigenvalue weighted by Crippen LogP contribution is 2.41. The van der Waals surface area contributed by atoms with Crippen LogP contribution in [0, 0.1) is 11.3 Å². The summed E-state index contributed by atoms with van der Waals surface area (Å²) in [4.78, 5) is 58.0. The standard InChI is InChI=1S/C31H26N8O6S2/c32-12-17-1-3-18(4-2-17)13-37-8-5-19(6-9-37)14-38-10-7-20(27(38)41)11-21-15-46-29-24(28(42)39(29)25(21)30(43)44)35-26(40)23(36-45)22-16-47-31(33)34-22/h1-6,8-9,11,16,24,29H,7,10,13-15H2,(H4-,33,34,35,40,43,44,45)/b20-11+/t24-,29-/m1/s1. The Kier molecular flexibility index (Phi) is 8.74. The SMILES string of the molecule is N#Cc1ccc(C[n+]2ccc(CN3CC/C(=C\C4=C(C(=O)[O-])N5C(=O)[C@@H](NC(=O)/C(=N\O)c6csc(N)n6)[C@H]5SC4)C3=O)cc2)cc1. The Labute approximate surface area is 276 Å². The lowest BCUT2D eigenvalue weighted by Gasteiger charge is -2.50. The Morgan fingerprint density at radius 2 is 1.96 bits per heavy atom. The minimum atomic E-state index is -1.57. The predicted molar refractivity (Wildman–Crippen MR) is 167 cm³/mol. The normalized spacial score (nSPS) is 20.2. The van der Waals surface area contributed by atoms with Crippen LogP contribution in [0.25, 0.3) is 0 Å². The second-order valence-corrected chi connectivity index (χ2v) is 12.9. The number of β-lactam (4-membered cyclic amide) rings is 1. The van der Waals surface area contributed by atoms with E-state index in [1.165, 1.54) is 23.2 Å². The number of aromatic nitrogens is 2. The molecular formula is C31H26N8O6S2. The van der Waals surface area contributed by atoms with E-state index in [9.17, 15) is 29.5 Å². The van der Waals surface area contributed by atoms with Gasteiger partial charge in [-0.25, -0.2) is 9.55 Å². The van der Waals surface area contributed by atoms with Crippen LogP contribution in [0.4, 0.5) is 5.13 Å². The van der Waals surface area contributed by atoms with E-state index in [1.54, 1.807) is 17.0 Å². The van der Waals surface area contributed by atoms with Crippen LogP contribution < -0.4 is 20.7 Å². The van der Waals surface area contributed by atoms with Crippen LogP contribution in [-0.4, -0.2) is 73.1 Å². The number of rotatable bonds is 9.